The third-order valence-corrected chi connectivity index (χ3v) is 2.70. The van der Waals surface area contributed by atoms with Crippen molar-refractivity contribution < 1.29 is 27.4 Å². The highest BCUT2D eigenvalue weighted by Gasteiger charge is 2.30. The quantitative estimate of drug-likeness (QED) is 0.933. The highest BCUT2D eigenvalue weighted by molar-refractivity contribution is 6.04. The van der Waals surface area contributed by atoms with E-state index in [1.807, 2.05) is 0 Å². The van der Waals surface area contributed by atoms with Gasteiger partial charge < -0.3 is 14.8 Å². The lowest BCUT2D eigenvalue weighted by Gasteiger charge is -2.10. The summed E-state index contributed by atoms with van der Waals surface area (Å²) in [6.07, 6.45) is -4.74. The molecule has 2 aromatic carbocycles. The van der Waals surface area contributed by atoms with E-state index in [1.165, 1.54) is 19.2 Å². The lowest BCUT2D eigenvalue weighted by Crippen LogP contribution is -2.17. The first-order chi connectivity index (χ1) is 10.4. The predicted molar refractivity (Wildman–Crippen MR) is 74.1 cm³/mol. The van der Waals surface area contributed by atoms with Crippen LogP contribution in [-0.4, -0.2) is 19.4 Å². The topological polar surface area (TPSA) is 47.6 Å². The molecule has 0 aliphatic carbocycles. The minimum atomic E-state index is -4.74. The second kappa shape index (κ2) is 6.38. The number of benzene rings is 2. The number of nitrogens with one attached hydrogen (secondary N) is 1. The standard InChI is InChI=1S/C15H12F3NO3/c1-21-12-6-2-10(3-7-12)14(20)19-11-4-8-13(9-5-11)22-15(16,17)18/h2-9H,1H3,(H,19,20). The molecule has 0 aliphatic rings. The van der Waals surface area contributed by atoms with Crippen molar-refractivity contribution in [2.75, 3.05) is 12.4 Å². The monoisotopic (exact) mass is 311 g/mol. The Morgan fingerprint density at radius 3 is 2.00 bits per heavy atom. The smallest absolute Gasteiger partial charge is 0.497 e. The van der Waals surface area contributed by atoms with Crippen molar-refractivity contribution in [3.63, 3.8) is 0 Å². The van der Waals surface area contributed by atoms with Crippen molar-refractivity contribution in [1.82, 2.24) is 0 Å². The first-order valence-corrected chi connectivity index (χ1v) is 6.18. The molecule has 2 rings (SSSR count). The molecule has 0 radical (unpaired) electrons. The summed E-state index contributed by atoms with van der Waals surface area (Å²) in [6.45, 7) is 0. The van der Waals surface area contributed by atoms with Gasteiger partial charge in [-0.25, -0.2) is 0 Å². The number of hydrogen-bond donors (Lipinski definition) is 1. The van der Waals surface area contributed by atoms with Crippen molar-refractivity contribution in [3.8, 4) is 11.5 Å². The van der Waals surface area contributed by atoms with Gasteiger partial charge in [0.05, 0.1) is 7.11 Å². The van der Waals surface area contributed by atoms with E-state index in [-0.39, 0.29) is 11.7 Å². The summed E-state index contributed by atoms with van der Waals surface area (Å²) >= 11 is 0. The molecule has 0 fully saturated rings. The molecule has 1 N–H and O–H groups in total. The second-order valence-corrected chi connectivity index (χ2v) is 4.25. The molecule has 1 amide bonds. The number of methoxy groups -OCH3 is 1. The average Bonchev–Trinajstić information content (AvgIpc) is 2.48. The number of alkyl halides is 3. The first kappa shape index (κ1) is 15.7. The van der Waals surface area contributed by atoms with E-state index in [1.54, 1.807) is 24.3 Å². The van der Waals surface area contributed by atoms with Gasteiger partial charge in [0.1, 0.15) is 11.5 Å². The highest BCUT2D eigenvalue weighted by Crippen LogP contribution is 2.24. The number of ether oxygens (including phenoxy) is 2. The van der Waals surface area contributed by atoms with Gasteiger partial charge in [-0.1, -0.05) is 0 Å². The van der Waals surface area contributed by atoms with Crippen LogP contribution in [0.2, 0.25) is 0 Å². The molecule has 0 aliphatic heterocycles. The van der Waals surface area contributed by atoms with Gasteiger partial charge in [-0.15, -0.1) is 13.2 Å². The van der Waals surface area contributed by atoms with Gasteiger partial charge in [0.15, 0.2) is 0 Å². The predicted octanol–water partition coefficient (Wildman–Crippen LogP) is 3.85. The fourth-order valence-corrected chi connectivity index (χ4v) is 1.69. The summed E-state index contributed by atoms with van der Waals surface area (Å²) in [7, 11) is 1.51. The molecule has 0 aromatic heterocycles. The maximum atomic E-state index is 12.0. The zero-order chi connectivity index (χ0) is 16.2. The molecule has 0 unspecified atom stereocenters. The number of halogens is 3. The van der Waals surface area contributed by atoms with Crippen molar-refractivity contribution in [2.45, 2.75) is 6.36 Å². The zero-order valence-electron chi connectivity index (χ0n) is 11.5. The highest BCUT2D eigenvalue weighted by atomic mass is 19.4. The van der Waals surface area contributed by atoms with Crippen LogP contribution in [0.1, 0.15) is 10.4 Å². The summed E-state index contributed by atoms with van der Waals surface area (Å²) in [5, 5.41) is 2.57. The van der Waals surface area contributed by atoms with Gasteiger partial charge in [0.2, 0.25) is 0 Å². The van der Waals surface area contributed by atoms with Crippen molar-refractivity contribution in [2.24, 2.45) is 0 Å². The van der Waals surface area contributed by atoms with Gasteiger partial charge >= 0.3 is 6.36 Å². The molecule has 0 saturated heterocycles. The Morgan fingerprint density at radius 1 is 0.955 bits per heavy atom. The molecule has 0 atom stereocenters. The van der Waals surface area contributed by atoms with Crippen LogP contribution < -0.4 is 14.8 Å². The maximum Gasteiger partial charge on any atom is 0.573 e. The number of carbonyl (C=O) groups is 1. The lowest BCUT2D eigenvalue weighted by atomic mass is 10.2. The largest absolute Gasteiger partial charge is 0.573 e. The number of anilines is 1. The van der Waals surface area contributed by atoms with Crippen LogP contribution in [0.3, 0.4) is 0 Å². The van der Waals surface area contributed by atoms with E-state index < -0.39 is 6.36 Å². The normalized spacial score (nSPS) is 10.9. The maximum absolute atomic E-state index is 12.0. The summed E-state index contributed by atoms with van der Waals surface area (Å²) in [6, 6.07) is 11.3. The molecule has 7 heteroatoms. The Hall–Kier alpha value is -2.70. The zero-order valence-corrected chi connectivity index (χ0v) is 11.5. The molecule has 116 valence electrons. The fraction of sp³-hybridized carbons (Fsp3) is 0.133. The van der Waals surface area contributed by atoms with Crippen LogP contribution >= 0.6 is 0 Å². The summed E-state index contributed by atoms with van der Waals surface area (Å²) in [4.78, 5) is 12.0. The average molecular weight is 311 g/mol. The fourth-order valence-electron chi connectivity index (χ4n) is 1.69. The van der Waals surface area contributed by atoms with E-state index in [9.17, 15) is 18.0 Å². The number of carbonyl (C=O) groups excluding carboxylic acids is 1. The molecule has 0 bridgehead atoms. The SMILES string of the molecule is COc1ccc(C(=O)Nc2ccc(OC(F)(F)F)cc2)cc1. The minimum Gasteiger partial charge on any atom is -0.497 e. The third kappa shape index (κ3) is 4.41. The van der Waals surface area contributed by atoms with Crippen LogP contribution in [-0.2, 0) is 0 Å². The van der Waals surface area contributed by atoms with Crippen LogP contribution in [0.5, 0.6) is 11.5 Å². The number of amides is 1. The van der Waals surface area contributed by atoms with Crippen molar-refractivity contribution >= 4 is 11.6 Å². The molecule has 0 saturated carbocycles. The molecule has 4 nitrogen and oxygen atoms in total. The van der Waals surface area contributed by atoms with Crippen LogP contribution in [0.25, 0.3) is 0 Å². The van der Waals surface area contributed by atoms with Crippen LogP contribution in [0.4, 0.5) is 18.9 Å². The Kier molecular flexibility index (Phi) is 4.55. The van der Waals surface area contributed by atoms with Crippen molar-refractivity contribution in [1.29, 1.82) is 0 Å². The Morgan fingerprint density at radius 2 is 1.50 bits per heavy atom. The number of rotatable bonds is 4. The van der Waals surface area contributed by atoms with E-state index in [0.717, 1.165) is 12.1 Å². The molecule has 2 aromatic rings. The van der Waals surface area contributed by atoms with E-state index in [2.05, 4.69) is 10.1 Å². The minimum absolute atomic E-state index is 0.352. The number of hydrogen-bond acceptors (Lipinski definition) is 3. The lowest BCUT2D eigenvalue weighted by molar-refractivity contribution is -0.274. The van der Waals surface area contributed by atoms with Crippen molar-refractivity contribution in [3.05, 3.63) is 54.1 Å². The first-order valence-electron chi connectivity index (χ1n) is 6.18. The summed E-state index contributed by atoms with van der Waals surface area (Å²) in [5.41, 5.74) is 0.756. The Bertz CT molecular complexity index is 637. The molecule has 0 spiro atoms. The van der Waals surface area contributed by atoms with E-state index >= 15 is 0 Å². The molecule has 0 heterocycles. The Balaban J connectivity index is 2.02. The van der Waals surface area contributed by atoms with E-state index in [0.29, 0.717) is 17.0 Å². The molecular weight excluding hydrogens is 299 g/mol. The second-order valence-electron chi connectivity index (χ2n) is 4.25. The van der Waals surface area contributed by atoms with Crippen LogP contribution in [0.15, 0.2) is 48.5 Å². The van der Waals surface area contributed by atoms with Gasteiger partial charge in [-0.05, 0) is 48.5 Å². The van der Waals surface area contributed by atoms with Gasteiger partial charge in [-0.3, -0.25) is 4.79 Å². The van der Waals surface area contributed by atoms with Crippen LogP contribution in [0, 0.1) is 0 Å². The molecular formula is C15H12F3NO3. The Labute approximate surface area is 124 Å². The van der Waals surface area contributed by atoms with Gasteiger partial charge in [0, 0.05) is 11.3 Å². The van der Waals surface area contributed by atoms with Gasteiger partial charge in [-0.2, -0.15) is 0 Å². The van der Waals surface area contributed by atoms with Gasteiger partial charge in [0.25, 0.3) is 5.91 Å². The third-order valence-electron chi connectivity index (χ3n) is 2.70. The molecule has 22 heavy (non-hydrogen) atoms. The summed E-state index contributed by atoms with van der Waals surface area (Å²) in [5.74, 6) is -0.118. The summed E-state index contributed by atoms with van der Waals surface area (Å²) < 4.78 is 44.8. The van der Waals surface area contributed by atoms with E-state index in [4.69, 9.17) is 4.74 Å².